The lowest BCUT2D eigenvalue weighted by atomic mass is 9.75. The van der Waals surface area contributed by atoms with E-state index >= 15 is 0 Å². The molecule has 0 bridgehead atoms. The van der Waals surface area contributed by atoms with E-state index in [1.807, 2.05) is 20.8 Å². The second-order valence-corrected chi connectivity index (χ2v) is 7.82. The van der Waals surface area contributed by atoms with Crippen molar-refractivity contribution in [2.75, 3.05) is 20.2 Å². The number of hydrogen-bond acceptors (Lipinski definition) is 4. The van der Waals surface area contributed by atoms with Crippen molar-refractivity contribution < 1.29 is 19.1 Å². The van der Waals surface area contributed by atoms with E-state index in [0.29, 0.717) is 24.9 Å². The van der Waals surface area contributed by atoms with Gasteiger partial charge < -0.3 is 14.4 Å². The number of carbonyl (C=O) groups excluding carboxylic acids is 2. The molecule has 2 rings (SSSR count). The van der Waals surface area contributed by atoms with Crippen LogP contribution in [0.2, 0.25) is 0 Å². The molecular formula is C18H29NO4. The smallest absolute Gasteiger partial charge is 0.410 e. The van der Waals surface area contributed by atoms with Crippen molar-refractivity contribution in [1.29, 1.82) is 0 Å². The molecular weight excluding hydrogens is 294 g/mol. The summed E-state index contributed by atoms with van der Waals surface area (Å²) in [4.78, 5) is 26.2. The number of ether oxygens (including phenoxy) is 2. The number of esters is 1. The number of carbonyl (C=O) groups is 2. The zero-order chi connectivity index (χ0) is 17.2. The lowest BCUT2D eigenvalue weighted by Crippen LogP contribution is -2.36. The molecule has 0 spiro atoms. The average Bonchev–Trinajstić information content (AvgIpc) is 2.90. The van der Waals surface area contributed by atoms with Gasteiger partial charge in [-0.05, 0) is 51.4 Å². The number of amides is 1. The summed E-state index contributed by atoms with van der Waals surface area (Å²) in [6.07, 6.45) is 6.10. The minimum absolute atomic E-state index is 0.141. The van der Waals surface area contributed by atoms with Crippen LogP contribution in [0.1, 0.15) is 40.5 Å². The van der Waals surface area contributed by atoms with Crippen molar-refractivity contribution in [2.24, 2.45) is 23.7 Å². The molecule has 2 aliphatic rings. The van der Waals surface area contributed by atoms with Gasteiger partial charge in [0.05, 0.1) is 13.0 Å². The van der Waals surface area contributed by atoms with E-state index in [9.17, 15) is 9.59 Å². The zero-order valence-corrected chi connectivity index (χ0v) is 14.9. The molecule has 0 radical (unpaired) electrons. The van der Waals surface area contributed by atoms with E-state index in [-0.39, 0.29) is 23.9 Å². The van der Waals surface area contributed by atoms with Gasteiger partial charge in [0.15, 0.2) is 0 Å². The predicted octanol–water partition coefficient (Wildman–Crippen LogP) is 3.24. The Kier molecular flexibility index (Phi) is 5.37. The predicted molar refractivity (Wildman–Crippen MR) is 87.8 cm³/mol. The summed E-state index contributed by atoms with van der Waals surface area (Å²) in [6.45, 7) is 8.70. The van der Waals surface area contributed by atoms with Gasteiger partial charge in [0, 0.05) is 13.1 Å². The molecule has 1 aliphatic carbocycles. The summed E-state index contributed by atoms with van der Waals surface area (Å²) in [7, 11) is 1.42. The minimum Gasteiger partial charge on any atom is -0.469 e. The maximum Gasteiger partial charge on any atom is 0.410 e. The van der Waals surface area contributed by atoms with Crippen molar-refractivity contribution in [1.82, 2.24) is 4.90 Å². The van der Waals surface area contributed by atoms with Crippen LogP contribution in [0, 0.1) is 23.7 Å². The molecule has 5 nitrogen and oxygen atoms in total. The maximum absolute atomic E-state index is 12.3. The highest BCUT2D eigenvalue weighted by Gasteiger charge is 2.45. The summed E-state index contributed by atoms with van der Waals surface area (Å²) in [5.74, 6) is 0.594. The second-order valence-electron chi connectivity index (χ2n) is 7.82. The van der Waals surface area contributed by atoms with Crippen molar-refractivity contribution in [3.8, 4) is 0 Å². The molecule has 1 saturated heterocycles. The van der Waals surface area contributed by atoms with E-state index in [4.69, 9.17) is 9.47 Å². The van der Waals surface area contributed by atoms with Crippen LogP contribution in [0.25, 0.3) is 0 Å². The third-order valence-corrected chi connectivity index (χ3v) is 4.70. The minimum atomic E-state index is -0.530. The molecule has 5 heteroatoms. The van der Waals surface area contributed by atoms with Crippen LogP contribution in [0.4, 0.5) is 4.79 Å². The van der Waals surface area contributed by atoms with Crippen molar-refractivity contribution in [2.45, 2.75) is 46.1 Å². The van der Waals surface area contributed by atoms with Gasteiger partial charge in [-0.3, -0.25) is 4.79 Å². The molecule has 2 unspecified atom stereocenters. The third-order valence-electron chi connectivity index (χ3n) is 4.70. The molecule has 0 aromatic heterocycles. The number of rotatable bonds is 2. The van der Waals surface area contributed by atoms with Crippen LogP contribution in [-0.4, -0.2) is 42.8 Å². The van der Waals surface area contributed by atoms with E-state index in [0.717, 1.165) is 12.8 Å². The highest BCUT2D eigenvalue weighted by Crippen LogP contribution is 2.38. The number of methoxy groups -OCH3 is 1. The molecule has 1 aliphatic heterocycles. The van der Waals surface area contributed by atoms with Gasteiger partial charge in [0.25, 0.3) is 0 Å². The van der Waals surface area contributed by atoms with Gasteiger partial charge in [-0.2, -0.15) is 0 Å². The van der Waals surface area contributed by atoms with E-state index in [1.165, 1.54) is 7.11 Å². The Morgan fingerprint density at radius 3 is 2.48 bits per heavy atom. The van der Waals surface area contributed by atoms with Gasteiger partial charge in [-0.25, -0.2) is 4.79 Å². The molecule has 23 heavy (non-hydrogen) atoms. The van der Waals surface area contributed by atoms with Gasteiger partial charge in [-0.15, -0.1) is 0 Å². The SMILES string of the molecule is COC(=O)[C@@H]1CN(C(=O)OC(C)(C)C)C[C@H]1C1CC=CC(C)C1. The highest BCUT2D eigenvalue weighted by atomic mass is 16.6. The van der Waals surface area contributed by atoms with Crippen molar-refractivity contribution in [3.05, 3.63) is 12.2 Å². The molecule has 4 atom stereocenters. The summed E-state index contributed by atoms with van der Waals surface area (Å²) in [6, 6.07) is 0. The van der Waals surface area contributed by atoms with Crippen LogP contribution in [0.5, 0.6) is 0 Å². The largest absolute Gasteiger partial charge is 0.469 e. The number of hydrogen-bond donors (Lipinski definition) is 0. The fourth-order valence-electron chi connectivity index (χ4n) is 3.67. The number of likely N-dealkylation sites (tertiary alicyclic amines) is 1. The van der Waals surface area contributed by atoms with Crippen LogP contribution in [0.3, 0.4) is 0 Å². The Labute approximate surface area is 139 Å². The Hall–Kier alpha value is -1.52. The Morgan fingerprint density at radius 2 is 1.91 bits per heavy atom. The zero-order valence-electron chi connectivity index (χ0n) is 14.9. The lowest BCUT2D eigenvalue weighted by Gasteiger charge is -2.30. The Bertz CT molecular complexity index is 480. The first-order valence-electron chi connectivity index (χ1n) is 8.43. The molecule has 0 saturated carbocycles. The topological polar surface area (TPSA) is 55.8 Å². The number of allylic oxidation sites excluding steroid dienone is 2. The van der Waals surface area contributed by atoms with Crippen molar-refractivity contribution in [3.63, 3.8) is 0 Å². The molecule has 1 fully saturated rings. The van der Waals surface area contributed by atoms with Crippen LogP contribution < -0.4 is 0 Å². The van der Waals surface area contributed by atoms with E-state index in [2.05, 4.69) is 19.1 Å². The van der Waals surface area contributed by atoms with Gasteiger partial charge in [0.2, 0.25) is 0 Å². The Balaban J connectivity index is 2.11. The van der Waals surface area contributed by atoms with E-state index in [1.54, 1.807) is 4.90 Å². The second kappa shape index (κ2) is 6.93. The van der Waals surface area contributed by atoms with Gasteiger partial charge in [0.1, 0.15) is 5.60 Å². The highest BCUT2D eigenvalue weighted by molar-refractivity contribution is 5.76. The van der Waals surface area contributed by atoms with Crippen LogP contribution >= 0.6 is 0 Å². The summed E-state index contributed by atoms with van der Waals surface area (Å²) >= 11 is 0. The molecule has 130 valence electrons. The molecule has 1 heterocycles. The third kappa shape index (κ3) is 4.49. The summed E-state index contributed by atoms with van der Waals surface area (Å²) in [5, 5.41) is 0. The molecule has 0 aromatic carbocycles. The quantitative estimate of drug-likeness (QED) is 0.578. The molecule has 0 N–H and O–H groups in total. The molecule has 1 amide bonds. The van der Waals surface area contributed by atoms with Crippen molar-refractivity contribution >= 4 is 12.1 Å². The molecule has 0 aromatic rings. The fraction of sp³-hybridized carbons (Fsp3) is 0.778. The fourth-order valence-corrected chi connectivity index (χ4v) is 3.67. The standard InChI is InChI=1S/C18H29NO4/c1-12-7-6-8-13(9-12)14-10-19(11-15(14)16(20)22-5)17(21)23-18(2,3)4/h6-7,12-15H,8-11H2,1-5H3/t12?,13?,14-,15+/m0/s1. The average molecular weight is 323 g/mol. The first-order valence-corrected chi connectivity index (χ1v) is 8.43. The van der Waals surface area contributed by atoms with Crippen LogP contribution in [-0.2, 0) is 14.3 Å². The van der Waals surface area contributed by atoms with Crippen LogP contribution in [0.15, 0.2) is 12.2 Å². The Morgan fingerprint density at radius 1 is 1.22 bits per heavy atom. The monoisotopic (exact) mass is 323 g/mol. The van der Waals surface area contributed by atoms with Gasteiger partial charge in [-0.1, -0.05) is 19.1 Å². The first-order chi connectivity index (χ1) is 10.7. The van der Waals surface area contributed by atoms with Gasteiger partial charge >= 0.3 is 12.1 Å². The summed E-state index contributed by atoms with van der Waals surface area (Å²) in [5.41, 5.74) is -0.530. The number of nitrogens with zero attached hydrogens (tertiary/aromatic N) is 1. The first kappa shape index (κ1) is 17.8. The summed E-state index contributed by atoms with van der Waals surface area (Å²) < 4.78 is 10.4. The normalized spacial score (nSPS) is 31.1. The lowest BCUT2D eigenvalue weighted by molar-refractivity contribution is -0.146. The van der Waals surface area contributed by atoms with E-state index < -0.39 is 5.60 Å². The maximum atomic E-state index is 12.3.